The molecule has 0 saturated heterocycles. The smallest absolute Gasteiger partial charge is 0.261 e. The number of benzene rings is 2. The highest BCUT2D eigenvalue weighted by atomic mass is 28.4. The van der Waals surface area contributed by atoms with Gasteiger partial charge < -0.3 is 4.43 Å². The molecule has 1 nitrogen and oxygen atoms in total. The van der Waals surface area contributed by atoms with Crippen molar-refractivity contribution in [3.63, 3.8) is 0 Å². The van der Waals surface area contributed by atoms with Crippen LogP contribution >= 0.6 is 0 Å². The molecule has 1 aliphatic rings. The fraction of sp³-hybridized carbons (Fsp3) is 0.371. The van der Waals surface area contributed by atoms with Crippen molar-refractivity contribution in [1.29, 1.82) is 0 Å². The maximum atomic E-state index is 14.8. The Balaban J connectivity index is 1.76. The van der Waals surface area contributed by atoms with E-state index in [0.717, 1.165) is 5.57 Å². The largest absolute Gasteiger partial charge is 0.404 e. The Morgan fingerprint density at radius 1 is 0.974 bits per heavy atom. The van der Waals surface area contributed by atoms with E-state index >= 15 is 0 Å². The molecule has 0 amide bonds. The summed E-state index contributed by atoms with van der Waals surface area (Å²) < 4.78 is 21.6. The van der Waals surface area contributed by atoms with Crippen LogP contribution in [0.3, 0.4) is 0 Å². The summed E-state index contributed by atoms with van der Waals surface area (Å²) >= 11 is 0. The number of allylic oxidation sites excluding steroid dienone is 9. The lowest BCUT2D eigenvalue weighted by molar-refractivity contribution is 0.336. The first-order chi connectivity index (χ1) is 18.0. The van der Waals surface area contributed by atoms with Crippen LogP contribution in [-0.4, -0.2) is 14.9 Å². The molecular formula is C35H45FOSi. The Morgan fingerprint density at radius 3 is 2.08 bits per heavy atom. The molecule has 202 valence electrons. The topological polar surface area (TPSA) is 9.23 Å². The van der Waals surface area contributed by atoms with Crippen molar-refractivity contribution < 1.29 is 8.82 Å². The van der Waals surface area contributed by atoms with Crippen molar-refractivity contribution in [2.45, 2.75) is 72.8 Å². The van der Waals surface area contributed by atoms with E-state index in [1.165, 1.54) is 46.9 Å². The molecule has 0 unspecified atom stereocenters. The van der Waals surface area contributed by atoms with Crippen LogP contribution in [0.4, 0.5) is 4.39 Å². The lowest BCUT2D eigenvalue weighted by Gasteiger charge is -2.42. The molecule has 0 spiro atoms. The van der Waals surface area contributed by atoms with Crippen molar-refractivity contribution in [1.82, 2.24) is 0 Å². The summed E-state index contributed by atoms with van der Waals surface area (Å²) in [5.41, 5.74) is 4.23. The Bertz CT molecular complexity index is 1170. The molecule has 1 aliphatic carbocycles. The second-order valence-corrected chi connectivity index (χ2v) is 16.4. The summed E-state index contributed by atoms with van der Waals surface area (Å²) in [7, 11) is -2.67. The molecule has 0 fully saturated rings. The van der Waals surface area contributed by atoms with E-state index in [1.54, 1.807) is 12.2 Å². The van der Waals surface area contributed by atoms with Crippen molar-refractivity contribution in [3.8, 4) is 0 Å². The van der Waals surface area contributed by atoms with Gasteiger partial charge in [0.2, 0.25) is 0 Å². The van der Waals surface area contributed by atoms with Crippen LogP contribution in [0.2, 0.25) is 5.04 Å². The van der Waals surface area contributed by atoms with Crippen LogP contribution in [-0.2, 0) is 4.43 Å². The molecule has 0 bridgehead atoms. The van der Waals surface area contributed by atoms with Gasteiger partial charge in [-0.3, -0.25) is 0 Å². The van der Waals surface area contributed by atoms with E-state index in [4.69, 9.17) is 4.43 Å². The summed E-state index contributed by atoms with van der Waals surface area (Å²) in [6.45, 7) is 15.8. The molecule has 0 N–H and O–H groups in total. The quantitative estimate of drug-likeness (QED) is 0.233. The van der Waals surface area contributed by atoms with E-state index in [-0.39, 0.29) is 22.9 Å². The molecule has 3 rings (SSSR count). The van der Waals surface area contributed by atoms with Crippen LogP contribution in [0.15, 0.2) is 120 Å². The predicted molar refractivity (Wildman–Crippen MR) is 165 cm³/mol. The molecular weight excluding hydrogens is 483 g/mol. The van der Waals surface area contributed by atoms with Gasteiger partial charge in [-0.1, -0.05) is 131 Å². The van der Waals surface area contributed by atoms with Gasteiger partial charge >= 0.3 is 0 Å². The first kappa shape index (κ1) is 29.8. The van der Waals surface area contributed by atoms with Gasteiger partial charge in [0.25, 0.3) is 8.32 Å². The average Bonchev–Trinajstić information content (AvgIpc) is 2.86. The summed E-state index contributed by atoms with van der Waals surface area (Å²) in [5, 5.41) is 2.25. The van der Waals surface area contributed by atoms with Gasteiger partial charge in [-0.15, -0.1) is 0 Å². The fourth-order valence-electron chi connectivity index (χ4n) is 5.65. The summed E-state index contributed by atoms with van der Waals surface area (Å²) in [6, 6.07) is 20.9. The minimum absolute atomic E-state index is 0.136. The Labute approximate surface area is 231 Å². The summed E-state index contributed by atoms with van der Waals surface area (Å²) in [6.07, 6.45) is 14.9. The molecule has 2 aromatic rings. The Kier molecular flexibility index (Phi) is 10.1. The lowest BCUT2D eigenvalue weighted by Crippen LogP contribution is -2.66. The molecule has 2 aromatic carbocycles. The zero-order valence-electron chi connectivity index (χ0n) is 24.4. The van der Waals surface area contributed by atoms with Gasteiger partial charge in [-0.25, -0.2) is 4.39 Å². The minimum Gasteiger partial charge on any atom is -0.404 e. The zero-order chi connectivity index (χ0) is 27.8. The molecule has 0 saturated carbocycles. The molecule has 3 heteroatoms. The minimum atomic E-state index is -2.67. The maximum absolute atomic E-state index is 14.8. The van der Waals surface area contributed by atoms with E-state index in [1.807, 2.05) is 18.2 Å². The van der Waals surface area contributed by atoms with E-state index in [2.05, 4.69) is 109 Å². The molecule has 0 heterocycles. The third-order valence-corrected chi connectivity index (χ3v) is 12.7. The number of rotatable bonds is 9. The third kappa shape index (κ3) is 7.21. The van der Waals surface area contributed by atoms with Crippen LogP contribution in [0.1, 0.15) is 67.7 Å². The second-order valence-electron chi connectivity index (χ2n) is 12.1. The second kappa shape index (κ2) is 12.9. The first-order valence-electron chi connectivity index (χ1n) is 13.8. The number of hydrogen-bond donors (Lipinski definition) is 0. The number of halogens is 1. The third-order valence-electron chi connectivity index (χ3n) is 7.66. The van der Waals surface area contributed by atoms with Crippen LogP contribution in [0.25, 0.3) is 0 Å². The SMILES string of the molecule is CC1=C(/C=C/C(C)=C/C=C/C(F)=C\CO[Si](c2ccccc2)(c2ccccc2)C(C)(C)C)C(C)(C)CCC1. The van der Waals surface area contributed by atoms with Gasteiger partial charge in [-0.2, -0.15) is 0 Å². The highest BCUT2D eigenvalue weighted by molar-refractivity contribution is 6.99. The first-order valence-corrected chi connectivity index (χ1v) is 15.7. The number of hydrogen-bond acceptors (Lipinski definition) is 1. The van der Waals surface area contributed by atoms with Crippen molar-refractivity contribution in [2.24, 2.45) is 5.41 Å². The summed E-state index contributed by atoms with van der Waals surface area (Å²) in [4.78, 5) is 0. The molecule has 0 radical (unpaired) electrons. The normalized spacial score (nSPS) is 17.6. The Hall–Kier alpha value is -2.75. The molecule has 0 aliphatic heterocycles. The van der Waals surface area contributed by atoms with Crippen molar-refractivity contribution >= 4 is 18.7 Å². The van der Waals surface area contributed by atoms with Gasteiger partial charge in [0.05, 0.1) is 6.61 Å². The van der Waals surface area contributed by atoms with E-state index in [0.29, 0.717) is 0 Å². The van der Waals surface area contributed by atoms with Crippen molar-refractivity contribution in [3.05, 3.63) is 120 Å². The van der Waals surface area contributed by atoms with E-state index in [9.17, 15) is 4.39 Å². The Morgan fingerprint density at radius 2 is 1.55 bits per heavy atom. The molecule has 0 atom stereocenters. The highest BCUT2D eigenvalue weighted by Crippen LogP contribution is 2.41. The summed E-state index contributed by atoms with van der Waals surface area (Å²) in [5.74, 6) is -0.289. The monoisotopic (exact) mass is 528 g/mol. The van der Waals surface area contributed by atoms with Crippen LogP contribution in [0, 0.1) is 5.41 Å². The average molecular weight is 529 g/mol. The van der Waals surface area contributed by atoms with Gasteiger partial charge in [-0.05, 0) is 71.7 Å². The van der Waals surface area contributed by atoms with Gasteiger partial charge in [0.15, 0.2) is 0 Å². The maximum Gasteiger partial charge on any atom is 0.261 e. The van der Waals surface area contributed by atoms with Crippen LogP contribution in [0.5, 0.6) is 0 Å². The highest BCUT2D eigenvalue weighted by Gasteiger charge is 2.49. The predicted octanol–water partition coefficient (Wildman–Crippen LogP) is 9.00. The molecule has 0 aromatic heterocycles. The van der Waals surface area contributed by atoms with Crippen molar-refractivity contribution in [2.75, 3.05) is 6.61 Å². The zero-order valence-corrected chi connectivity index (χ0v) is 25.4. The standard InChI is InChI=1S/C35H45FOSi/c1-28(23-24-33-29(2)17-15-26-35(33,6)7)16-14-18-30(36)25-27-37-38(34(3,4)5,31-19-10-8-11-20-31)32-21-12-9-13-22-32/h8-14,16,18-25H,15,17,26-27H2,1-7H3/b18-14+,24-23+,28-16+,30-25+. The fourth-order valence-corrected chi connectivity index (χ4v) is 10.1. The lowest BCUT2D eigenvalue weighted by atomic mass is 9.72. The molecule has 38 heavy (non-hydrogen) atoms. The van der Waals surface area contributed by atoms with Gasteiger partial charge in [0, 0.05) is 0 Å². The van der Waals surface area contributed by atoms with Crippen LogP contribution < -0.4 is 10.4 Å². The van der Waals surface area contributed by atoms with Gasteiger partial charge in [0.1, 0.15) is 5.83 Å². The van der Waals surface area contributed by atoms with E-state index < -0.39 is 8.32 Å².